The number of fused-ring (bicyclic) bond motifs is 1. The highest BCUT2D eigenvalue weighted by molar-refractivity contribution is 5.76. The fourth-order valence-corrected chi connectivity index (χ4v) is 3.11. The van der Waals surface area contributed by atoms with Crippen molar-refractivity contribution in [2.75, 3.05) is 0 Å². The maximum atomic E-state index is 14.1. The van der Waals surface area contributed by atoms with E-state index in [4.69, 9.17) is 0 Å². The van der Waals surface area contributed by atoms with Crippen LogP contribution >= 0.6 is 0 Å². The maximum Gasteiger partial charge on any atom is 0.269 e. The van der Waals surface area contributed by atoms with E-state index in [0.717, 1.165) is 11.3 Å². The number of halogens is 1. The van der Waals surface area contributed by atoms with Gasteiger partial charge in [0.05, 0.1) is 17.6 Å². The fourth-order valence-electron chi connectivity index (χ4n) is 3.11. The van der Waals surface area contributed by atoms with Crippen LogP contribution in [-0.2, 0) is 6.42 Å². The van der Waals surface area contributed by atoms with E-state index in [9.17, 15) is 9.18 Å². The van der Waals surface area contributed by atoms with Crippen molar-refractivity contribution in [1.29, 1.82) is 0 Å². The Kier molecular flexibility index (Phi) is 4.11. The zero-order valence-corrected chi connectivity index (χ0v) is 15.4. The fraction of sp³-hybridized carbons (Fsp3) is 0.190. The highest BCUT2D eigenvalue weighted by Gasteiger charge is 2.17. The molecule has 0 bridgehead atoms. The molecule has 0 fully saturated rings. The topological polar surface area (TPSA) is 52.7 Å². The van der Waals surface area contributed by atoms with E-state index < -0.39 is 0 Å². The number of hydrogen-bond acceptors (Lipinski definition) is 3. The average molecular weight is 362 g/mol. The second-order valence-electron chi connectivity index (χ2n) is 6.58. The summed E-state index contributed by atoms with van der Waals surface area (Å²) in [5.41, 5.74) is 3.23. The van der Waals surface area contributed by atoms with E-state index in [-0.39, 0.29) is 11.4 Å². The summed E-state index contributed by atoms with van der Waals surface area (Å²) in [6.07, 6.45) is 2.05. The van der Waals surface area contributed by atoms with Crippen molar-refractivity contribution in [1.82, 2.24) is 19.3 Å². The minimum Gasteiger partial charge on any atom is -0.268 e. The summed E-state index contributed by atoms with van der Waals surface area (Å²) in [4.78, 5) is 17.8. The van der Waals surface area contributed by atoms with Gasteiger partial charge in [-0.3, -0.25) is 9.36 Å². The molecular formula is C21H19FN4O. The molecule has 0 radical (unpaired) electrons. The van der Waals surface area contributed by atoms with Gasteiger partial charge in [-0.1, -0.05) is 30.7 Å². The van der Waals surface area contributed by atoms with Crippen molar-refractivity contribution >= 4 is 11.0 Å². The molecule has 0 aliphatic rings. The molecule has 2 aromatic heterocycles. The Balaban J connectivity index is 1.98. The van der Waals surface area contributed by atoms with E-state index >= 15 is 0 Å². The maximum absolute atomic E-state index is 14.1. The first-order valence-electron chi connectivity index (χ1n) is 8.83. The van der Waals surface area contributed by atoms with Crippen LogP contribution in [0.15, 0.2) is 53.5 Å². The van der Waals surface area contributed by atoms with E-state index in [2.05, 4.69) is 10.1 Å². The van der Waals surface area contributed by atoms with Gasteiger partial charge >= 0.3 is 0 Å². The molecule has 0 atom stereocenters. The molecule has 0 saturated carbocycles. The van der Waals surface area contributed by atoms with E-state index in [1.807, 2.05) is 38.1 Å². The van der Waals surface area contributed by atoms with Gasteiger partial charge in [-0.05, 0) is 43.7 Å². The Morgan fingerprint density at radius 2 is 1.74 bits per heavy atom. The Morgan fingerprint density at radius 3 is 2.41 bits per heavy atom. The summed E-state index contributed by atoms with van der Waals surface area (Å²) in [6, 6.07) is 12.6. The summed E-state index contributed by atoms with van der Waals surface area (Å²) in [5.74, 6) is 0.210. The zero-order chi connectivity index (χ0) is 19.1. The van der Waals surface area contributed by atoms with Gasteiger partial charge in [0, 0.05) is 6.42 Å². The predicted octanol–water partition coefficient (Wildman–Crippen LogP) is 3.89. The Hall–Kier alpha value is -3.28. The Labute approximate surface area is 155 Å². The minimum absolute atomic E-state index is 0.251. The van der Waals surface area contributed by atoms with Crippen molar-refractivity contribution in [3.8, 4) is 11.4 Å². The van der Waals surface area contributed by atoms with E-state index in [0.29, 0.717) is 34.5 Å². The first-order valence-corrected chi connectivity index (χ1v) is 8.83. The van der Waals surface area contributed by atoms with Crippen molar-refractivity contribution in [3.63, 3.8) is 0 Å². The molecular weight excluding hydrogens is 343 g/mol. The molecule has 4 aromatic rings. The van der Waals surface area contributed by atoms with Gasteiger partial charge in [0.15, 0.2) is 5.65 Å². The minimum atomic E-state index is -0.350. The third kappa shape index (κ3) is 2.83. The van der Waals surface area contributed by atoms with Crippen LogP contribution in [-0.4, -0.2) is 19.3 Å². The molecule has 0 amide bonds. The van der Waals surface area contributed by atoms with Crippen LogP contribution in [0.25, 0.3) is 22.4 Å². The first-order chi connectivity index (χ1) is 13.0. The molecule has 0 N–H and O–H groups in total. The molecule has 2 aromatic carbocycles. The molecule has 0 aliphatic heterocycles. The molecule has 6 heteroatoms. The lowest BCUT2D eigenvalue weighted by molar-refractivity contribution is 0.616. The monoisotopic (exact) mass is 362 g/mol. The standard InChI is InChI=1S/C21H19FN4O/c1-4-19-24-20-17(12-23-26(20)15-8-5-13(2)6-9-15)21(27)25(19)16-10-7-14(3)18(22)11-16/h5-12H,4H2,1-3H3. The number of benzene rings is 2. The van der Waals surface area contributed by atoms with Gasteiger partial charge in [-0.15, -0.1) is 0 Å². The molecule has 136 valence electrons. The quantitative estimate of drug-likeness (QED) is 0.556. The average Bonchev–Trinajstić information content (AvgIpc) is 3.09. The Bertz CT molecular complexity index is 1210. The Morgan fingerprint density at radius 1 is 1.04 bits per heavy atom. The molecule has 27 heavy (non-hydrogen) atoms. The molecule has 5 nitrogen and oxygen atoms in total. The molecule has 2 heterocycles. The van der Waals surface area contributed by atoms with Crippen molar-refractivity contribution in [2.45, 2.75) is 27.2 Å². The lowest BCUT2D eigenvalue weighted by Gasteiger charge is -2.12. The van der Waals surface area contributed by atoms with Gasteiger partial charge in [-0.25, -0.2) is 14.1 Å². The number of hydrogen-bond donors (Lipinski definition) is 0. The van der Waals surface area contributed by atoms with E-state index in [1.54, 1.807) is 23.7 Å². The van der Waals surface area contributed by atoms with Crippen molar-refractivity contribution < 1.29 is 4.39 Å². The summed E-state index contributed by atoms with van der Waals surface area (Å²) in [6.45, 7) is 5.62. The van der Waals surface area contributed by atoms with Crippen LogP contribution in [0.4, 0.5) is 4.39 Å². The summed E-state index contributed by atoms with van der Waals surface area (Å²) >= 11 is 0. The molecule has 0 unspecified atom stereocenters. The van der Waals surface area contributed by atoms with Crippen LogP contribution in [0.3, 0.4) is 0 Å². The van der Waals surface area contributed by atoms with Gasteiger partial charge in [0.25, 0.3) is 5.56 Å². The summed E-state index contributed by atoms with van der Waals surface area (Å²) in [5, 5.41) is 4.76. The largest absolute Gasteiger partial charge is 0.269 e. The highest BCUT2D eigenvalue weighted by atomic mass is 19.1. The molecule has 0 spiro atoms. The van der Waals surface area contributed by atoms with Crippen LogP contribution in [0.1, 0.15) is 23.9 Å². The SMILES string of the molecule is CCc1nc2c(cnn2-c2ccc(C)cc2)c(=O)n1-c1ccc(C)c(F)c1. The predicted molar refractivity (Wildman–Crippen MR) is 103 cm³/mol. The number of aromatic nitrogens is 4. The van der Waals surface area contributed by atoms with Crippen LogP contribution in [0, 0.1) is 19.7 Å². The second-order valence-corrected chi connectivity index (χ2v) is 6.58. The normalized spacial score (nSPS) is 11.3. The molecule has 4 rings (SSSR count). The number of aryl methyl sites for hydroxylation is 3. The molecule has 0 saturated heterocycles. The van der Waals surface area contributed by atoms with Crippen molar-refractivity contribution in [2.24, 2.45) is 0 Å². The number of rotatable bonds is 3. The van der Waals surface area contributed by atoms with Gasteiger partial charge in [-0.2, -0.15) is 5.10 Å². The van der Waals surface area contributed by atoms with Crippen molar-refractivity contribution in [3.05, 3.63) is 81.8 Å². The van der Waals surface area contributed by atoms with Crippen LogP contribution < -0.4 is 5.56 Å². The van der Waals surface area contributed by atoms with Crippen LogP contribution in [0.2, 0.25) is 0 Å². The lowest BCUT2D eigenvalue weighted by atomic mass is 10.2. The zero-order valence-electron chi connectivity index (χ0n) is 15.4. The summed E-state index contributed by atoms with van der Waals surface area (Å²) in [7, 11) is 0. The van der Waals surface area contributed by atoms with Crippen LogP contribution in [0.5, 0.6) is 0 Å². The number of nitrogens with zero attached hydrogens (tertiary/aromatic N) is 4. The van der Waals surface area contributed by atoms with E-state index in [1.165, 1.54) is 16.8 Å². The third-order valence-electron chi connectivity index (χ3n) is 4.68. The van der Waals surface area contributed by atoms with Gasteiger partial charge in [0.2, 0.25) is 0 Å². The third-order valence-corrected chi connectivity index (χ3v) is 4.68. The second kappa shape index (κ2) is 6.46. The highest BCUT2D eigenvalue weighted by Crippen LogP contribution is 2.19. The smallest absolute Gasteiger partial charge is 0.268 e. The van der Waals surface area contributed by atoms with Gasteiger partial charge < -0.3 is 0 Å². The van der Waals surface area contributed by atoms with Gasteiger partial charge in [0.1, 0.15) is 17.0 Å². The lowest BCUT2D eigenvalue weighted by Crippen LogP contribution is -2.23. The molecule has 0 aliphatic carbocycles. The summed E-state index contributed by atoms with van der Waals surface area (Å²) < 4.78 is 17.2. The first kappa shape index (κ1) is 17.1.